The molecule has 0 aliphatic heterocycles. The first-order valence-corrected chi connectivity index (χ1v) is 6.92. The fourth-order valence-corrected chi connectivity index (χ4v) is 2.61. The van der Waals surface area contributed by atoms with Crippen LogP contribution in [-0.4, -0.2) is 12.4 Å². The second-order valence-electron chi connectivity index (χ2n) is 4.03. The minimum absolute atomic E-state index is 0.451. The van der Waals surface area contributed by atoms with Gasteiger partial charge in [0, 0.05) is 4.90 Å². The topological polar surface area (TPSA) is 9.23 Å². The Kier molecular flexibility index (Phi) is 3.95. The van der Waals surface area contributed by atoms with E-state index in [1.165, 1.54) is 37.0 Å². The van der Waals surface area contributed by atoms with Crippen LogP contribution in [0.4, 0.5) is 0 Å². The molecule has 0 unspecified atom stereocenters. The molecule has 0 radical (unpaired) electrons. The molecule has 1 aliphatic rings. The van der Waals surface area contributed by atoms with Crippen molar-refractivity contribution < 1.29 is 4.74 Å². The predicted octanol–water partition coefficient (Wildman–Crippen LogP) is 4.12. The van der Waals surface area contributed by atoms with E-state index in [1.54, 1.807) is 11.8 Å². The minimum atomic E-state index is 0.451. The van der Waals surface area contributed by atoms with Gasteiger partial charge in [-0.1, -0.05) is 18.6 Å². The van der Waals surface area contributed by atoms with Crippen LogP contribution in [0.15, 0.2) is 29.2 Å². The average molecular weight is 222 g/mol. The summed E-state index contributed by atoms with van der Waals surface area (Å²) in [7, 11) is 0. The van der Waals surface area contributed by atoms with Gasteiger partial charge in [0.2, 0.25) is 0 Å². The van der Waals surface area contributed by atoms with E-state index in [2.05, 4.69) is 30.5 Å². The summed E-state index contributed by atoms with van der Waals surface area (Å²) < 4.78 is 6.06. The molecule has 1 saturated carbocycles. The summed E-state index contributed by atoms with van der Waals surface area (Å²) in [5.41, 5.74) is 0. The highest BCUT2D eigenvalue weighted by molar-refractivity contribution is 7.98. The molecule has 0 heterocycles. The van der Waals surface area contributed by atoms with Crippen molar-refractivity contribution >= 4 is 11.8 Å². The molecule has 0 N–H and O–H groups in total. The molecule has 1 aromatic rings. The zero-order valence-corrected chi connectivity index (χ0v) is 10.1. The predicted molar refractivity (Wildman–Crippen MR) is 65.7 cm³/mol. The van der Waals surface area contributed by atoms with Crippen molar-refractivity contribution in [3.8, 4) is 5.75 Å². The molecule has 0 aromatic heterocycles. The first kappa shape index (κ1) is 10.9. The fourth-order valence-electron chi connectivity index (χ4n) is 2.08. The average Bonchev–Trinajstić information content (AvgIpc) is 2.31. The van der Waals surface area contributed by atoms with Crippen molar-refractivity contribution in [3.05, 3.63) is 24.3 Å². The van der Waals surface area contributed by atoms with Crippen molar-refractivity contribution in [1.29, 1.82) is 0 Å². The fraction of sp³-hybridized carbons (Fsp3) is 0.538. The number of benzene rings is 1. The maximum absolute atomic E-state index is 6.06. The summed E-state index contributed by atoms with van der Waals surface area (Å²) in [6.07, 6.45) is 9.03. The molecule has 2 heteroatoms. The molecule has 0 atom stereocenters. The van der Waals surface area contributed by atoms with Crippen LogP contribution < -0.4 is 4.74 Å². The summed E-state index contributed by atoms with van der Waals surface area (Å²) in [6, 6.07) is 8.33. The molecule has 0 amide bonds. The highest BCUT2D eigenvalue weighted by atomic mass is 32.2. The molecule has 15 heavy (non-hydrogen) atoms. The Balaban J connectivity index is 2.02. The molecular formula is C13H18OS. The standard InChI is InChI=1S/C13H18OS/c1-15-13-10-6-5-9-12(13)14-11-7-3-2-4-8-11/h5-6,9-11H,2-4,7-8H2,1H3. The van der Waals surface area contributed by atoms with E-state index >= 15 is 0 Å². The number of hydrogen-bond donors (Lipinski definition) is 0. The number of ether oxygens (including phenoxy) is 1. The van der Waals surface area contributed by atoms with Gasteiger partial charge in [-0.2, -0.15) is 0 Å². The van der Waals surface area contributed by atoms with E-state index in [9.17, 15) is 0 Å². The lowest BCUT2D eigenvalue weighted by atomic mass is 9.98. The highest BCUT2D eigenvalue weighted by Gasteiger charge is 2.15. The van der Waals surface area contributed by atoms with Crippen molar-refractivity contribution in [1.82, 2.24) is 0 Å². The SMILES string of the molecule is CSc1ccccc1OC1CCCCC1. The van der Waals surface area contributed by atoms with E-state index in [0.717, 1.165) is 5.75 Å². The molecule has 82 valence electrons. The van der Waals surface area contributed by atoms with Gasteiger partial charge in [0.15, 0.2) is 0 Å². The van der Waals surface area contributed by atoms with Gasteiger partial charge < -0.3 is 4.74 Å². The molecule has 1 fully saturated rings. The Bertz CT molecular complexity index is 305. The van der Waals surface area contributed by atoms with Gasteiger partial charge in [-0.15, -0.1) is 11.8 Å². The third-order valence-electron chi connectivity index (χ3n) is 2.91. The van der Waals surface area contributed by atoms with Crippen LogP contribution in [0.3, 0.4) is 0 Å². The van der Waals surface area contributed by atoms with E-state index in [-0.39, 0.29) is 0 Å². The molecule has 0 saturated heterocycles. The zero-order chi connectivity index (χ0) is 10.5. The van der Waals surface area contributed by atoms with Gasteiger partial charge in [-0.3, -0.25) is 0 Å². The summed E-state index contributed by atoms with van der Waals surface area (Å²) in [5, 5.41) is 0. The van der Waals surface area contributed by atoms with Crippen LogP contribution in [0.1, 0.15) is 32.1 Å². The normalized spacial score (nSPS) is 17.7. The summed E-state index contributed by atoms with van der Waals surface area (Å²) >= 11 is 1.76. The summed E-state index contributed by atoms with van der Waals surface area (Å²) in [4.78, 5) is 1.25. The van der Waals surface area contributed by atoms with Crippen molar-refractivity contribution in [2.75, 3.05) is 6.26 Å². The van der Waals surface area contributed by atoms with Crippen molar-refractivity contribution in [3.63, 3.8) is 0 Å². The van der Waals surface area contributed by atoms with Gasteiger partial charge in [0.05, 0.1) is 6.10 Å². The summed E-state index contributed by atoms with van der Waals surface area (Å²) in [6.45, 7) is 0. The highest BCUT2D eigenvalue weighted by Crippen LogP contribution is 2.30. The first-order chi connectivity index (χ1) is 7.40. The molecule has 0 bridgehead atoms. The molecule has 1 aromatic carbocycles. The Labute approximate surface area is 96.2 Å². The van der Waals surface area contributed by atoms with Gasteiger partial charge in [-0.25, -0.2) is 0 Å². The molecule has 2 rings (SSSR count). The van der Waals surface area contributed by atoms with Crippen LogP contribution in [0, 0.1) is 0 Å². The smallest absolute Gasteiger partial charge is 0.133 e. The molecule has 1 aliphatic carbocycles. The Hall–Kier alpha value is -0.630. The Morgan fingerprint density at radius 3 is 2.60 bits per heavy atom. The van der Waals surface area contributed by atoms with E-state index in [0.29, 0.717) is 6.10 Å². The van der Waals surface area contributed by atoms with Crippen molar-refractivity contribution in [2.45, 2.75) is 43.1 Å². The lowest BCUT2D eigenvalue weighted by Crippen LogP contribution is -2.19. The van der Waals surface area contributed by atoms with Gasteiger partial charge in [0.25, 0.3) is 0 Å². The number of thioether (sulfide) groups is 1. The second kappa shape index (κ2) is 5.45. The lowest BCUT2D eigenvalue weighted by Gasteiger charge is -2.23. The first-order valence-electron chi connectivity index (χ1n) is 5.70. The molecule has 1 nitrogen and oxygen atoms in total. The molecule has 0 spiro atoms. The third kappa shape index (κ3) is 2.91. The summed E-state index contributed by atoms with van der Waals surface area (Å²) in [5.74, 6) is 1.07. The minimum Gasteiger partial charge on any atom is -0.489 e. The Morgan fingerprint density at radius 1 is 1.13 bits per heavy atom. The molecular weight excluding hydrogens is 204 g/mol. The van der Waals surface area contributed by atoms with E-state index < -0.39 is 0 Å². The Morgan fingerprint density at radius 2 is 1.87 bits per heavy atom. The van der Waals surface area contributed by atoms with Crippen LogP contribution in [-0.2, 0) is 0 Å². The third-order valence-corrected chi connectivity index (χ3v) is 3.69. The van der Waals surface area contributed by atoms with Crippen LogP contribution in [0.25, 0.3) is 0 Å². The maximum atomic E-state index is 6.06. The second-order valence-corrected chi connectivity index (χ2v) is 4.88. The lowest BCUT2D eigenvalue weighted by molar-refractivity contribution is 0.151. The number of para-hydroxylation sites is 1. The van der Waals surface area contributed by atoms with Gasteiger partial charge in [-0.05, 0) is 44.1 Å². The van der Waals surface area contributed by atoms with Gasteiger partial charge >= 0.3 is 0 Å². The maximum Gasteiger partial charge on any atom is 0.133 e. The van der Waals surface area contributed by atoms with Crippen LogP contribution in [0.5, 0.6) is 5.75 Å². The monoisotopic (exact) mass is 222 g/mol. The van der Waals surface area contributed by atoms with Gasteiger partial charge in [0.1, 0.15) is 5.75 Å². The van der Waals surface area contributed by atoms with Crippen LogP contribution in [0.2, 0.25) is 0 Å². The quantitative estimate of drug-likeness (QED) is 0.711. The number of rotatable bonds is 3. The van der Waals surface area contributed by atoms with E-state index in [4.69, 9.17) is 4.74 Å². The van der Waals surface area contributed by atoms with Crippen molar-refractivity contribution in [2.24, 2.45) is 0 Å². The number of hydrogen-bond acceptors (Lipinski definition) is 2. The van der Waals surface area contributed by atoms with E-state index in [1.807, 2.05) is 0 Å². The van der Waals surface area contributed by atoms with Crippen LogP contribution >= 0.6 is 11.8 Å². The largest absolute Gasteiger partial charge is 0.489 e. The zero-order valence-electron chi connectivity index (χ0n) is 9.24.